The predicted molar refractivity (Wildman–Crippen MR) is 74.1 cm³/mol. The van der Waals surface area contributed by atoms with E-state index in [1.165, 1.54) is 7.11 Å². The van der Waals surface area contributed by atoms with E-state index in [2.05, 4.69) is 15.3 Å². The number of ether oxygens (including phenoxy) is 1. The molecule has 6 N–H and O–H groups in total. The highest BCUT2D eigenvalue weighted by Gasteiger charge is 2.11. The van der Waals surface area contributed by atoms with Crippen molar-refractivity contribution in [2.24, 2.45) is 0 Å². The van der Waals surface area contributed by atoms with Crippen molar-refractivity contribution in [3.63, 3.8) is 0 Å². The van der Waals surface area contributed by atoms with Gasteiger partial charge in [0.2, 0.25) is 11.8 Å². The number of hydrogen-bond donors (Lipinski definition) is 4. The minimum Gasteiger partial charge on any atom is -0.761 e. The molecule has 1 aromatic carbocycles. The first-order valence-electron chi connectivity index (χ1n) is 5.36. The van der Waals surface area contributed by atoms with E-state index >= 15 is 0 Å². The average molecular weight is 261 g/mol. The first kappa shape index (κ1) is 12.7. The molecule has 2 aromatic rings. The number of rotatable bonds is 4. The lowest BCUT2D eigenvalue weighted by molar-refractivity contribution is 0.400. The second-order valence-corrected chi connectivity index (χ2v) is 3.66. The summed E-state index contributed by atoms with van der Waals surface area (Å²) in [4.78, 5) is 7.75. The normalized spacial score (nSPS) is 10.0. The molecular weight excluding hydrogens is 248 g/mol. The zero-order valence-electron chi connectivity index (χ0n) is 10.2. The van der Waals surface area contributed by atoms with Crippen molar-refractivity contribution in [1.29, 1.82) is 0 Å². The van der Waals surface area contributed by atoms with E-state index in [0.29, 0.717) is 11.4 Å². The second kappa shape index (κ2) is 5.27. The zero-order valence-corrected chi connectivity index (χ0v) is 10.2. The van der Waals surface area contributed by atoms with Gasteiger partial charge in [-0.15, -0.1) is 0 Å². The SMILES string of the molecule is COc1nc(N)nc(Nc2ccc(N)cc2)c1N[O-]. The molecule has 0 aliphatic rings. The van der Waals surface area contributed by atoms with Crippen LogP contribution in [0, 0.1) is 5.21 Å². The van der Waals surface area contributed by atoms with Gasteiger partial charge in [0.1, 0.15) is 5.69 Å². The number of nitrogens with one attached hydrogen (secondary N) is 2. The molecule has 0 amide bonds. The molecule has 2 rings (SSSR count). The van der Waals surface area contributed by atoms with Gasteiger partial charge in [-0.05, 0) is 24.3 Å². The molecule has 8 nitrogen and oxygen atoms in total. The fraction of sp³-hybridized carbons (Fsp3) is 0.0909. The van der Waals surface area contributed by atoms with Crippen molar-refractivity contribution in [3.8, 4) is 5.88 Å². The minimum atomic E-state index is -0.00575. The van der Waals surface area contributed by atoms with E-state index in [4.69, 9.17) is 16.2 Å². The number of nitrogens with two attached hydrogens (primary N) is 2. The molecule has 100 valence electrons. The van der Waals surface area contributed by atoms with Gasteiger partial charge in [0.25, 0.3) is 0 Å². The van der Waals surface area contributed by atoms with Crippen LogP contribution in [0.3, 0.4) is 0 Å². The third-order valence-corrected chi connectivity index (χ3v) is 2.36. The fourth-order valence-corrected chi connectivity index (χ4v) is 1.49. The van der Waals surface area contributed by atoms with E-state index in [-0.39, 0.29) is 23.3 Å². The van der Waals surface area contributed by atoms with E-state index in [9.17, 15) is 5.21 Å². The maximum Gasteiger partial charge on any atom is 0.243 e. The molecule has 8 heteroatoms. The lowest BCUT2D eigenvalue weighted by Crippen LogP contribution is -2.06. The maximum absolute atomic E-state index is 11.0. The van der Waals surface area contributed by atoms with Gasteiger partial charge in [-0.1, -0.05) is 0 Å². The molecular formula is C11H13N6O2-. The molecule has 19 heavy (non-hydrogen) atoms. The van der Waals surface area contributed by atoms with Crippen molar-refractivity contribution in [1.82, 2.24) is 9.97 Å². The summed E-state index contributed by atoms with van der Waals surface area (Å²) in [5, 5.41) is 13.9. The van der Waals surface area contributed by atoms with Crippen LogP contribution < -0.4 is 27.0 Å². The Kier molecular flexibility index (Phi) is 3.53. The van der Waals surface area contributed by atoms with Gasteiger partial charge >= 0.3 is 0 Å². The lowest BCUT2D eigenvalue weighted by Gasteiger charge is -2.18. The second-order valence-electron chi connectivity index (χ2n) is 3.66. The van der Waals surface area contributed by atoms with Gasteiger partial charge < -0.3 is 32.2 Å². The van der Waals surface area contributed by atoms with Gasteiger partial charge in [0, 0.05) is 11.4 Å². The molecule has 0 bridgehead atoms. The Morgan fingerprint density at radius 3 is 2.42 bits per heavy atom. The van der Waals surface area contributed by atoms with Gasteiger partial charge in [-0.2, -0.15) is 9.97 Å². The van der Waals surface area contributed by atoms with Crippen LogP contribution in [0.1, 0.15) is 0 Å². The van der Waals surface area contributed by atoms with Crippen molar-refractivity contribution >= 4 is 28.8 Å². The van der Waals surface area contributed by atoms with Crippen LogP contribution in [-0.2, 0) is 0 Å². The van der Waals surface area contributed by atoms with Crippen LogP contribution in [0.25, 0.3) is 0 Å². The smallest absolute Gasteiger partial charge is 0.243 e. The van der Waals surface area contributed by atoms with E-state index in [0.717, 1.165) is 0 Å². The van der Waals surface area contributed by atoms with Crippen molar-refractivity contribution in [3.05, 3.63) is 29.5 Å². The average Bonchev–Trinajstić information content (AvgIpc) is 2.40. The summed E-state index contributed by atoms with van der Waals surface area (Å²) in [5.74, 6) is 0.290. The molecule has 1 aromatic heterocycles. The highest BCUT2D eigenvalue weighted by Crippen LogP contribution is 2.31. The van der Waals surface area contributed by atoms with Gasteiger partial charge in [-0.3, -0.25) is 0 Å². The molecule has 0 unspecified atom stereocenters. The molecule has 0 spiro atoms. The predicted octanol–water partition coefficient (Wildman–Crippen LogP) is 1.30. The first-order chi connectivity index (χ1) is 9.13. The Morgan fingerprint density at radius 1 is 1.16 bits per heavy atom. The van der Waals surface area contributed by atoms with E-state index < -0.39 is 0 Å². The first-order valence-corrected chi connectivity index (χ1v) is 5.36. The molecule has 0 fully saturated rings. The van der Waals surface area contributed by atoms with E-state index in [1.54, 1.807) is 29.7 Å². The number of hydrogen-bond acceptors (Lipinski definition) is 8. The number of benzene rings is 1. The van der Waals surface area contributed by atoms with Crippen LogP contribution >= 0.6 is 0 Å². The molecule has 0 radical (unpaired) electrons. The monoisotopic (exact) mass is 261 g/mol. The number of nitrogens with zero attached hydrogens (tertiary/aromatic N) is 2. The van der Waals surface area contributed by atoms with Crippen LogP contribution in [0.5, 0.6) is 5.88 Å². The summed E-state index contributed by atoms with van der Waals surface area (Å²) < 4.78 is 4.96. The Bertz CT molecular complexity index is 572. The largest absolute Gasteiger partial charge is 0.761 e. The molecule has 0 saturated carbocycles. The number of methoxy groups -OCH3 is 1. The molecule has 0 saturated heterocycles. The van der Waals surface area contributed by atoms with Crippen LogP contribution in [-0.4, -0.2) is 17.1 Å². The summed E-state index contributed by atoms with van der Waals surface area (Å²) in [6.07, 6.45) is 0. The maximum atomic E-state index is 11.0. The van der Waals surface area contributed by atoms with Crippen molar-refractivity contribution in [2.45, 2.75) is 0 Å². The van der Waals surface area contributed by atoms with Crippen LogP contribution in [0.4, 0.5) is 28.8 Å². The highest BCUT2D eigenvalue weighted by atomic mass is 16.5. The summed E-state index contributed by atoms with van der Waals surface area (Å²) >= 11 is 0. The minimum absolute atomic E-state index is 0.00575. The van der Waals surface area contributed by atoms with Gasteiger partial charge in [0.15, 0.2) is 5.82 Å². The Labute approximate surface area is 109 Å². The number of nitrogen functional groups attached to an aromatic ring is 2. The quantitative estimate of drug-likeness (QED) is 0.478. The summed E-state index contributed by atoms with van der Waals surface area (Å²) in [5.41, 5.74) is 14.3. The number of anilines is 5. The van der Waals surface area contributed by atoms with Crippen LogP contribution in [0.15, 0.2) is 24.3 Å². The molecule has 1 heterocycles. The molecule has 0 atom stereocenters. The summed E-state index contributed by atoms with van der Waals surface area (Å²) in [6.45, 7) is 0. The van der Waals surface area contributed by atoms with Crippen molar-refractivity contribution < 1.29 is 4.74 Å². The highest BCUT2D eigenvalue weighted by molar-refractivity contribution is 5.76. The summed E-state index contributed by atoms with van der Waals surface area (Å²) in [6, 6.07) is 6.92. The Hall–Kier alpha value is -2.74. The van der Waals surface area contributed by atoms with Gasteiger partial charge in [-0.25, -0.2) is 0 Å². The number of aromatic nitrogens is 2. The third kappa shape index (κ3) is 2.75. The lowest BCUT2D eigenvalue weighted by atomic mass is 10.3. The Balaban J connectivity index is 2.38. The standard InChI is InChI=1S/C11H13N6O2/c1-19-10-8(17-18)9(15-11(13)16-10)14-7-4-2-6(12)3-5-7/h2-5,17H,12H2,1H3,(H3,13,14,15,16)/q-1. The van der Waals surface area contributed by atoms with Crippen LogP contribution in [0.2, 0.25) is 0 Å². The van der Waals surface area contributed by atoms with E-state index in [1.807, 2.05) is 0 Å². The Morgan fingerprint density at radius 2 is 1.84 bits per heavy atom. The summed E-state index contributed by atoms with van der Waals surface area (Å²) in [7, 11) is 1.38. The zero-order chi connectivity index (χ0) is 13.8. The fourth-order valence-electron chi connectivity index (χ4n) is 1.49. The molecule has 0 aliphatic heterocycles. The van der Waals surface area contributed by atoms with Gasteiger partial charge in [0.05, 0.1) is 7.11 Å². The topological polar surface area (TPSA) is 134 Å². The molecule has 0 aliphatic carbocycles. The third-order valence-electron chi connectivity index (χ3n) is 2.36. The van der Waals surface area contributed by atoms with Crippen molar-refractivity contribution in [2.75, 3.05) is 29.4 Å².